The van der Waals surface area contributed by atoms with E-state index in [0.29, 0.717) is 12.5 Å². The molecule has 0 fully saturated rings. The fourth-order valence-electron chi connectivity index (χ4n) is 3.23. The van der Waals surface area contributed by atoms with Crippen molar-refractivity contribution in [3.05, 3.63) is 51.2 Å². The van der Waals surface area contributed by atoms with E-state index in [1.807, 2.05) is 49.9 Å². The summed E-state index contributed by atoms with van der Waals surface area (Å²) in [5.41, 5.74) is 8.08. The van der Waals surface area contributed by atoms with Gasteiger partial charge in [-0.05, 0) is 60.6 Å². The standard InChI is InChI=1S/C24H37NO2S2/c1-6-18(22-12-10-20(29-22)16-28-5)9-7-17-8-11-21(19(13-17)14-25)27-15-23(26)24(2,3)4/h8,10-13,18,23,26H,6-7,9,14-16,25H2,1-5H3. The topological polar surface area (TPSA) is 55.5 Å². The maximum Gasteiger partial charge on any atom is 0.123 e. The van der Waals surface area contributed by atoms with Crippen LogP contribution in [0.25, 0.3) is 0 Å². The normalized spacial score (nSPS) is 14.0. The number of benzene rings is 1. The Hall–Kier alpha value is -1.01. The molecule has 2 rings (SSSR count). The molecule has 162 valence electrons. The van der Waals surface area contributed by atoms with E-state index in [2.05, 4.69) is 37.4 Å². The van der Waals surface area contributed by atoms with Crippen molar-refractivity contribution in [1.29, 1.82) is 0 Å². The molecule has 0 aliphatic heterocycles. The number of aliphatic hydroxyl groups is 1. The molecule has 3 nitrogen and oxygen atoms in total. The predicted octanol–water partition coefficient (Wildman–Crippen LogP) is 5.98. The molecule has 1 aromatic carbocycles. The maximum absolute atomic E-state index is 10.2. The van der Waals surface area contributed by atoms with Gasteiger partial charge >= 0.3 is 0 Å². The fourth-order valence-corrected chi connectivity index (χ4v) is 5.23. The number of hydrogen-bond acceptors (Lipinski definition) is 5. The average Bonchev–Trinajstić information content (AvgIpc) is 3.14. The molecule has 2 atom stereocenters. The molecule has 2 unspecified atom stereocenters. The largest absolute Gasteiger partial charge is 0.491 e. The van der Waals surface area contributed by atoms with Gasteiger partial charge < -0.3 is 15.6 Å². The number of hydrogen-bond donors (Lipinski definition) is 2. The number of aryl methyl sites for hydroxylation is 1. The Morgan fingerprint density at radius 1 is 1.21 bits per heavy atom. The number of thioether (sulfide) groups is 1. The third-order valence-electron chi connectivity index (χ3n) is 5.39. The molecule has 0 aliphatic rings. The summed E-state index contributed by atoms with van der Waals surface area (Å²) in [6, 6.07) is 10.9. The van der Waals surface area contributed by atoms with Gasteiger partial charge in [0.2, 0.25) is 0 Å². The molecule has 0 spiro atoms. The van der Waals surface area contributed by atoms with Gasteiger partial charge in [0.25, 0.3) is 0 Å². The second-order valence-electron chi connectivity index (χ2n) is 8.72. The maximum atomic E-state index is 10.2. The molecule has 0 saturated heterocycles. The first kappa shape index (κ1) is 24.3. The molecular formula is C24H37NO2S2. The Labute approximate surface area is 185 Å². The number of nitrogens with two attached hydrogens (primary N) is 1. The minimum atomic E-state index is -0.514. The van der Waals surface area contributed by atoms with E-state index in [-0.39, 0.29) is 12.0 Å². The predicted molar refractivity (Wildman–Crippen MR) is 128 cm³/mol. The number of rotatable bonds is 11. The highest BCUT2D eigenvalue weighted by molar-refractivity contribution is 7.97. The molecule has 0 amide bonds. The van der Waals surface area contributed by atoms with Gasteiger partial charge in [0, 0.05) is 27.6 Å². The number of thiophene rings is 1. The lowest BCUT2D eigenvalue weighted by atomic mass is 9.90. The van der Waals surface area contributed by atoms with Crippen LogP contribution >= 0.6 is 23.1 Å². The Kier molecular flexibility index (Phi) is 9.54. The third-order valence-corrected chi connectivity index (χ3v) is 7.42. The second kappa shape index (κ2) is 11.4. The number of ether oxygens (including phenoxy) is 1. The molecule has 1 aromatic heterocycles. The molecule has 0 aliphatic carbocycles. The van der Waals surface area contributed by atoms with E-state index < -0.39 is 6.10 Å². The lowest BCUT2D eigenvalue weighted by Crippen LogP contribution is -2.32. The third kappa shape index (κ3) is 7.32. The first-order valence-corrected chi connectivity index (χ1v) is 12.7. The van der Waals surface area contributed by atoms with Crippen LogP contribution in [0.15, 0.2) is 30.3 Å². The number of aliphatic hydroxyl groups excluding tert-OH is 1. The van der Waals surface area contributed by atoms with Crippen LogP contribution in [0.2, 0.25) is 0 Å². The van der Waals surface area contributed by atoms with Gasteiger partial charge in [-0.25, -0.2) is 0 Å². The van der Waals surface area contributed by atoms with Crippen LogP contribution in [0.5, 0.6) is 5.75 Å². The molecule has 0 radical (unpaired) electrons. The molecular weight excluding hydrogens is 398 g/mol. The van der Waals surface area contributed by atoms with Gasteiger partial charge in [0.15, 0.2) is 0 Å². The molecule has 0 bridgehead atoms. The van der Waals surface area contributed by atoms with Crippen molar-refractivity contribution in [3.8, 4) is 5.75 Å². The zero-order valence-electron chi connectivity index (χ0n) is 18.5. The lowest BCUT2D eigenvalue weighted by molar-refractivity contribution is 0.0215. The molecule has 2 aromatic rings. The van der Waals surface area contributed by atoms with Gasteiger partial charge in [-0.15, -0.1) is 11.3 Å². The quantitative estimate of drug-likeness (QED) is 0.456. The highest BCUT2D eigenvalue weighted by Gasteiger charge is 2.23. The molecule has 5 heteroatoms. The highest BCUT2D eigenvalue weighted by Crippen LogP contribution is 2.33. The summed E-state index contributed by atoms with van der Waals surface area (Å²) in [5.74, 6) is 2.49. The molecule has 3 N–H and O–H groups in total. The first-order chi connectivity index (χ1) is 13.8. The summed E-state index contributed by atoms with van der Waals surface area (Å²) in [4.78, 5) is 2.97. The fraction of sp³-hybridized carbons (Fsp3) is 0.583. The van der Waals surface area contributed by atoms with Crippen molar-refractivity contribution in [2.75, 3.05) is 12.9 Å². The second-order valence-corrected chi connectivity index (χ2v) is 10.8. The summed E-state index contributed by atoms with van der Waals surface area (Å²) in [6.45, 7) is 9.03. The zero-order chi connectivity index (χ0) is 21.4. The van der Waals surface area contributed by atoms with Crippen LogP contribution < -0.4 is 10.5 Å². The zero-order valence-corrected chi connectivity index (χ0v) is 20.2. The van der Waals surface area contributed by atoms with Crippen LogP contribution in [0, 0.1) is 5.41 Å². The summed E-state index contributed by atoms with van der Waals surface area (Å²) >= 11 is 3.84. The van der Waals surface area contributed by atoms with Crippen molar-refractivity contribution in [2.45, 2.75) is 71.3 Å². The van der Waals surface area contributed by atoms with Crippen LogP contribution in [0.3, 0.4) is 0 Å². The summed E-state index contributed by atoms with van der Waals surface area (Å²) in [6.07, 6.45) is 4.98. The highest BCUT2D eigenvalue weighted by atomic mass is 32.2. The monoisotopic (exact) mass is 435 g/mol. The summed E-state index contributed by atoms with van der Waals surface area (Å²) in [7, 11) is 0. The SMILES string of the molecule is CCC(CCc1ccc(OCC(O)C(C)(C)C)c(CN)c1)c1ccc(CSC)s1. The van der Waals surface area contributed by atoms with Gasteiger partial charge in [0.05, 0.1) is 6.10 Å². The smallest absolute Gasteiger partial charge is 0.123 e. The van der Waals surface area contributed by atoms with Gasteiger partial charge in [-0.3, -0.25) is 0 Å². The Morgan fingerprint density at radius 2 is 1.97 bits per heavy atom. The van der Waals surface area contributed by atoms with Crippen LogP contribution in [-0.4, -0.2) is 24.1 Å². The van der Waals surface area contributed by atoms with Gasteiger partial charge in [0.1, 0.15) is 12.4 Å². The van der Waals surface area contributed by atoms with Crippen molar-refractivity contribution in [3.63, 3.8) is 0 Å². The molecule has 0 saturated carbocycles. The van der Waals surface area contributed by atoms with Crippen LogP contribution in [0.4, 0.5) is 0 Å². The summed E-state index contributed by atoms with van der Waals surface area (Å²) < 4.78 is 5.88. The molecule has 1 heterocycles. The van der Waals surface area contributed by atoms with Crippen LogP contribution in [-0.2, 0) is 18.7 Å². The minimum Gasteiger partial charge on any atom is -0.491 e. The van der Waals surface area contributed by atoms with E-state index in [9.17, 15) is 5.11 Å². The van der Waals surface area contributed by atoms with Crippen molar-refractivity contribution < 1.29 is 9.84 Å². The Balaban J connectivity index is 1.99. The van der Waals surface area contributed by atoms with Gasteiger partial charge in [-0.1, -0.05) is 39.8 Å². The van der Waals surface area contributed by atoms with E-state index in [0.717, 1.165) is 36.3 Å². The van der Waals surface area contributed by atoms with Crippen molar-refractivity contribution in [2.24, 2.45) is 11.1 Å². The van der Waals surface area contributed by atoms with Crippen molar-refractivity contribution in [1.82, 2.24) is 0 Å². The van der Waals surface area contributed by atoms with E-state index in [4.69, 9.17) is 10.5 Å². The molecule has 29 heavy (non-hydrogen) atoms. The summed E-state index contributed by atoms with van der Waals surface area (Å²) in [5, 5.41) is 10.2. The first-order valence-electron chi connectivity index (χ1n) is 10.5. The lowest BCUT2D eigenvalue weighted by Gasteiger charge is -2.26. The van der Waals surface area contributed by atoms with Crippen molar-refractivity contribution >= 4 is 23.1 Å². The van der Waals surface area contributed by atoms with E-state index in [1.165, 1.54) is 15.3 Å². The Morgan fingerprint density at radius 3 is 2.59 bits per heavy atom. The minimum absolute atomic E-state index is 0.199. The van der Waals surface area contributed by atoms with E-state index in [1.54, 1.807) is 0 Å². The average molecular weight is 436 g/mol. The van der Waals surface area contributed by atoms with Gasteiger partial charge in [-0.2, -0.15) is 11.8 Å². The van der Waals surface area contributed by atoms with Crippen LogP contribution in [0.1, 0.15) is 67.3 Å². The van der Waals surface area contributed by atoms with E-state index >= 15 is 0 Å². The Bertz CT molecular complexity index is 752.